The zero-order valence-corrected chi connectivity index (χ0v) is 12.8. The smallest absolute Gasteiger partial charge is 0.274 e. The van der Waals surface area contributed by atoms with Crippen LogP contribution in [0, 0.1) is 0 Å². The highest BCUT2D eigenvalue weighted by Gasteiger charge is 2.08. The van der Waals surface area contributed by atoms with Crippen LogP contribution in [0.25, 0.3) is 0 Å². The van der Waals surface area contributed by atoms with E-state index in [0.29, 0.717) is 17.2 Å². The van der Waals surface area contributed by atoms with E-state index >= 15 is 0 Å². The highest BCUT2D eigenvalue weighted by molar-refractivity contribution is 7.80. The van der Waals surface area contributed by atoms with Crippen LogP contribution in [-0.4, -0.2) is 15.9 Å². The first-order valence-electron chi connectivity index (χ1n) is 6.64. The molecule has 0 aliphatic rings. The van der Waals surface area contributed by atoms with Crippen molar-refractivity contribution in [2.24, 2.45) is 5.73 Å². The van der Waals surface area contributed by atoms with Crippen molar-refractivity contribution in [1.82, 2.24) is 4.98 Å². The molecule has 0 atom stereocenters. The second kappa shape index (κ2) is 6.45. The molecule has 21 heavy (non-hydrogen) atoms. The van der Waals surface area contributed by atoms with Gasteiger partial charge in [-0.05, 0) is 35.7 Å². The summed E-state index contributed by atoms with van der Waals surface area (Å²) in [5.74, 6) is 0.200. The van der Waals surface area contributed by atoms with Crippen molar-refractivity contribution in [3.8, 4) is 0 Å². The summed E-state index contributed by atoms with van der Waals surface area (Å²) >= 11 is 4.85. The lowest BCUT2D eigenvalue weighted by atomic mass is 10.0. The number of rotatable bonds is 4. The van der Waals surface area contributed by atoms with Crippen LogP contribution < -0.4 is 11.1 Å². The monoisotopic (exact) mass is 299 g/mol. The maximum absolute atomic E-state index is 12.1. The minimum Gasteiger partial charge on any atom is -0.389 e. The van der Waals surface area contributed by atoms with Crippen LogP contribution in [0.4, 0.5) is 5.69 Å². The van der Waals surface area contributed by atoms with Gasteiger partial charge < -0.3 is 11.1 Å². The number of aromatic nitrogens is 1. The zero-order valence-electron chi connectivity index (χ0n) is 12.0. The van der Waals surface area contributed by atoms with E-state index in [9.17, 15) is 4.79 Å². The van der Waals surface area contributed by atoms with Crippen molar-refractivity contribution in [1.29, 1.82) is 0 Å². The van der Waals surface area contributed by atoms with E-state index in [1.807, 2.05) is 24.3 Å². The summed E-state index contributed by atoms with van der Waals surface area (Å²) < 4.78 is 0. The topological polar surface area (TPSA) is 68.0 Å². The average molecular weight is 299 g/mol. The number of pyridine rings is 1. The van der Waals surface area contributed by atoms with Crippen LogP contribution >= 0.6 is 12.2 Å². The van der Waals surface area contributed by atoms with Gasteiger partial charge in [-0.1, -0.05) is 38.2 Å². The van der Waals surface area contributed by atoms with Crippen LogP contribution in [0.15, 0.2) is 42.6 Å². The summed E-state index contributed by atoms with van der Waals surface area (Å²) in [4.78, 5) is 16.4. The van der Waals surface area contributed by atoms with Crippen molar-refractivity contribution in [3.63, 3.8) is 0 Å². The number of hydrogen-bond acceptors (Lipinski definition) is 3. The minimum atomic E-state index is -0.262. The van der Waals surface area contributed by atoms with E-state index in [0.717, 1.165) is 5.69 Å². The van der Waals surface area contributed by atoms with Gasteiger partial charge in [0.2, 0.25) is 0 Å². The fraction of sp³-hybridized carbons (Fsp3) is 0.188. The number of carbonyl (C=O) groups is 1. The van der Waals surface area contributed by atoms with Crippen LogP contribution in [0.1, 0.15) is 41.4 Å². The molecular weight excluding hydrogens is 282 g/mol. The van der Waals surface area contributed by atoms with E-state index in [1.165, 1.54) is 11.8 Å². The first-order chi connectivity index (χ1) is 9.97. The maximum atomic E-state index is 12.1. The van der Waals surface area contributed by atoms with Crippen LogP contribution in [0.5, 0.6) is 0 Å². The van der Waals surface area contributed by atoms with E-state index in [4.69, 9.17) is 18.0 Å². The lowest BCUT2D eigenvalue weighted by Crippen LogP contribution is -2.15. The molecule has 1 amide bonds. The molecule has 1 aromatic carbocycles. The van der Waals surface area contributed by atoms with E-state index < -0.39 is 0 Å². The number of nitrogens with zero attached hydrogens (tertiary/aromatic N) is 1. The fourth-order valence-corrected chi connectivity index (χ4v) is 1.94. The van der Waals surface area contributed by atoms with Gasteiger partial charge in [-0.2, -0.15) is 0 Å². The van der Waals surface area contributed by atoms with Crippen molar-refractivity contribution >= 4 is 28.8 Å². The van der Waals surface area contributed by atoms with E-state index in [-0.39, 0.29) is 10.9 Å². The van der Waals surface area contributed by atoms with Gasteiger partial charge in [-0.25, -0.2) is 0 Å². The molecule has 1 aromatic heterocycles. The quantitative estimate of drug-likeness (QED) is 0.851. The van der Waals surface area contributed by atoms with Crippen molar-refractivity contribution in [2.75, 3.05) is 5.32 Å². The first-order valence-corrected chi connectivity index (χ1v) is 7.05. The SMILES string of the molecule is CC(C)c1ccc(NC(=O)c2ccc(C(N)=S)cn2)cc1. The van der Waals surface area contributed by atoms with Gasteiger partial charge >= 0.3 is 0 Å². The molecule has 0 aliphatic carbocycles. The molecule has 5 heteroatoms. The Kier molecular flexibility index (Phi) is 4.65. The highest BCUT2D eigenvalue weighted by Crippen LogP contribution is 2.17. The largest absolute Gasteiger partial charge is 0.389 e. The molecule has 0 saturated carbocycles. The molecule has 0 radical (unpaired) electrons. The molecule has 1 heterocycles. The third-order valence-electron chi connectivity index (χ3n) is 3.12. The number of nitrogens with two attached hydrogens (primary N) is 1. The molecule has 0 fully saturated rings. The van der Waals surface area contributed by atoms with Crippen LogP contribution in [0.2, 0.25) is 0 Å². The first kappa shape index (κ1) is 15.1. The molecule has 3 N–H and O–H groups in total. The molecule has 0 aliphatic heterocycles. The summed E-state index contributed by atoms with van der Waals surface area (Å²) in [6.45, 7) is 4.25. The third-order valence-corrected chi connectivity index (χ3v) is 3.35. The normalized spacial score (nSPS) is 10.4. The summed E-state index contributed by atoms with van der Waals surface area (Å²) in [6.07, 6.45) is 1.50. The molecule has 108 valence electrons. The molecule has 0 saturated heterocycles. The molecule has 0 bridgehead atoms. The molecule has 4 nitrogen and oxygen atoms in total. The second-order valence-electron chi connectivity index (χ2n) is 5.03. The summed E-state index contributed by atoms with van der Waals surface area (Å²) in [5, 5.41) is 2.81. The summed E-state index contributed by atoms with van der Waals surface area (Å²) in [6, 6.07) is 11.1. The van der Waals surface area contributed by atoms with Gasteiger partial charge in [-0.3, -0.25) is 9.78 Å². The molecular formula is C16H17N3OS. The van der Waals surface area contributed by atoms with Gasteiger partial charge in [0, 0.05) is 17.4 Å². The van der Waals surface area contributed by atoms with Crippen molar-refractivity contribution < 1.29 is 4.79 Å². The Morgan fingerprint density at radius 3 is 2.33 bits per heavy atom. The van der Waals surface area contributed by atoms with Crippen LogP contribution in [-0.2, 0) is 0 Å². The highest BCUT2D eigenvalue weighted by atomic mass is 32.1. The molecule has 0 unspecified atom stereocenters. The maximum Gasteiger partial charge on any atom is 0.274 e. The lowest BCUT2D eigenvalue weighted by Gasteiger charge is -2.08. The predicted octanol–water partition coefficient (Wildman–Crippen LogP) is 3.09. The number of hydrogen-bond donors (Lipinski definition) is 2. The summed E-state index contributed by atoms with van der Waals surface area (Å²) in [7, 11) is 0. The Balaban J connectivity index is 2.08. The Hall–Kier alpha value is -2.27. The Morgan fingerprint density at radius 1 is 1.19 bits per heavy atom. The number of nitrogens with one attached hydrogen (secondary N) is 1. The van der Waals surface area contributed by atoms with Gasteiger partial charge in [0.05, 0.1) is 0 Å². The minimum absolute atomic E-state index is 0.262. The number of benzene rings is 1. The van der Waals surface area contributed by atoms with E-state index in [1.54, 1.807) is 12.1 Å². The predicted molar refractivity (Wildman–Crippen MR) is 88.6 cm³/mol. The average Bonchev–Trinajstić information content (AvgIpc) is 2.47. The molecule has 2 aromatic rings. The van der Waals surface area contributed by atoms with Gasteiger partial charge in [0.1, 0.15) is 10.7 Å². The number of anilines is 1. The third kappa shape index (κ3) is 3.86. The number of thiocarbonyl (C=S) groups is 1. The molecule has 0 spiro atoms. The zero-order chi connectivity index (χ0) is 15.4. The van der Waals surface area contributed by atoms with Gasteiger partial charge in [-0.15, -0.1) is 0 Å². The second-order valence-corrected chi connectivity index (χ2v) is 5.47. The fourth-order valence-electron chi connectivity index (χ4n) is 1.82. The molecule has 2 rings (SSSR count). The van der Waals surface area contributed by atoms with Crippen molar-refractivity contribution in [2.45, 2.75) is 19.8 Å². The van der Waals surface area contributed by atoms with Crippen LogP contribution in [0.3, 0.4) is 0 Å². The Bertz CT molecular complexity index is 648. The van der Waals surface area contributed by atoms with Gasteiger partial charge in [0.25, 0.3) is 5.91 Å². The van der Waals surface area contributed by atoms with Gasteiger partial charge in [0.15, 0.2) is 0 Å². The van der Waals surface area contributed by atoms with Crippen molar-refractivity contribution in [3.05, 3.63) is 59.4 Å². The summed E-state index contributed by atoms with van der Waals surface area (Å²) in [5.41, 5.74) is 8.43. The number of amides is 1. The Labute approximate surface area is 129 Å². The number of carbonyl (C=O) groups excluding carboxylic acids is 1. The lowest BCUT2D eigenvalue weighted by molar-refractivity contribution is 0.102. The standard InChI is InChI=1S/C16H17N3OS/c1-10(2)11-3-6-13(7-4-11)19-16(20)14-8-5-12(9-18-14)15(17)21/h3-10H,1-2H3,(H2,17,21)(H,19,20). The Morgan fingerprint density at radius 2 is 1.86 bits per heavy atom. The van der Waals surface area contributed by atoms with E-state index in [2.05, 4.69) is 24.1 Å².